The van der Waals surface area contributed by atoms with E-state index in [0.29, 0.717) is 12.0 Å². The lowest BCUT2D eigenvalue weighted by atomic mass is 9.81. The van der Waals surface area contributed by atoms with E-state index >= 15 is 0 Å². The van der Waals surface area contributed by atoms with Gasteiger partial charge in [0.1, 0.15) is 5.82 Å². The summed E-state index contributed by atoms with van der Waals surface area (Å²) in [6, 6.07) is 0. The van der Waals surface area contributed by atoms with E-state index in [4.69, 9.17) is 9.47 Å². The number of aryl methyl sites for hydroxylation is 2. The number of ether oxygens (including phenoxy) is 2. The summed E-state index contributed by atoms with van der Waals surface area (Å²) in [6.45, 7) is 15.2. The molecule has 0 bridgehead atoms. The van der Waals surface area contributed by atoms with Crippen LogP contribution in [0, 0.1) is 18.3 Å². The molecule has 3 rings (SSSR count). The molecule has 2 aliphatic heterocycles. The predicted molar refractivity (Wildman–Crippen MR) is 100.0 cm³/mol. The quantitative estimate of drug-likeness (QED) is 0.881. The summed E-state index contributed by atoms with van der Waals surface area (Å²) in [6.07, 6.45) is 1.49. The molecule has 1 aromatic rings. The van der Waals surface area contributed by atoms with Crippen LogP contribution in [0.15, 0.2) is 0 Å². The number of hydrogen-bond donors (Lipinski definition) is 1. The average Bonchev–Trinajstić information content (AvgIpc) is 3.13. The number of rotatable bonds is 5. The maximum absolute atomic E-state index is 6.00. The van der Waals surface area contributed by atoms with Crippen LogP contribution >= 0.6 is 0 Å². The summed E-state index contributed by atoms with van der Waals surface area (Å²) in [4.78, 5) is 2.40. The zero-order chi connectivity index (χ0) is 18.0. The molecule has 0 unspecified atom stereocenters. The van der Waals surface area contributed by atoms with Crippen LogP contribution in [-0.2, 0) is 23.1 Å². The lowest BCUT2D eigenvalue weighted by Crippen LogP contribution is -2.39. The zero-order valence-electron chi connectivity index (χ0n) is 16.5. The van der Waals surface area contributed by atoms with E-state index in [9.17, 15) is 0 Å². The van der Waals surface area contributed by atoms with Crippen molar-refractivity contribution in [1.82, 2.24) is 15.1 Å². The molecule has 2 aliphatic rings. The highest BCUT2D eigenvalue weighted by Gasteiger charge is 2.36. The molecule has 2 saturated heterocycles. The van der Waals surface area contributed by atoms with Crippen molar-refractivity contribution in [3.8, 4) is 0 Å². The van der Waals surface area contributed by atoms with Gasteiger partial charge in [-0.25, -0.2) is 0 Å². The highest BCUT2D eigenvalue weighted by molar-refractivity contribution is 5.50. The highest BCUT2D eigenvalue weighted by atomic mass is 16.5. The fourth-order valence-electron chi connectivity index (χ4n) is 4.25. The molecule has 0 radical (unpaired) electrons. The molecule has 6 nitrogen and oxygen atoms in total. The Morgan fingerprint density at radius 3 is 2.60 bits per heavy atom. The Bertz CT molecular complexity index is 573. The summed E-state index contributed by atoms with van der Waals surface area (Å²) in [5.74, 6) is 1.83. The second kappa shape index (κ2) is 7.64. The molecular formula is C19H34N4O2. The Balaban J connectivity index is 1.63. The van der Waals surface area contributed by atoms with Gasteiger partial charge in [0.2, 0.25) is 0 Å². The Kier molecular flexibility index (Phi) is 5.71. The topological polar surface area (TPSA) is 51.5 Å². The van der Waals surface area contributed by atoms with Crippen LogP contribution in [0.4, 0.5) is 5.82 Å². The first kappa shape index (κ1) is 18.7. The van der Waals surface area contributed by atoms with E-state index in [2.05, 4.69) is 43.0 Å². The minimum absolute atomic E-state index is 0.200. The summed E-state index contributed by atoms with van der Waals surface area (Å²) in [5, 5.41) is 8.35. The lowest BCUT2D eigenvalue weighted by molar-refractivity contribution is 0.00721. The number of aromatic nitrogens is 2. The molecule has 3 heterocycles. The van der Waals surface area contributed by atoms with E-state index in [1.807, 2.05) is 11.7 Å². The average molecular weight is 351 g/mol. The standard InChI is InChI=1S/C19H34N4O2/c1-14-16(18(22(5)21-14)23-7-10-24-11-8-23)13-20-12-15-6-9-25-17(15)19(2,3)4/h15,17,20H,6-13H2,1-5H3/t15-,17+/m1/s1. The van der Waals surface area contributed by atoms with Crippen molar-refractivity contribution in [2.24, 2.45) is 18.4 Å². The first-order valence-corrected chi connectivity index (χ1v) is 9.55. The van der Waals surface area contributed by atoms with Gasteiger partial charge in [-0.15, -0.1) is 0 Å². The van der Waals surface area contributed by atoms with E-state index in [1.54, 1.807) is 0 Å². The van der Waals surface area contributed by atoms with Crippen molar-refractivity contribution in [1.29, 1.82) is 0 Å². The third kappa shape index (κ3) is 4.18. The number of nitrogens with zero attached hydrogens (tertiary/aromatic N) is 3. The van der Waals surface area contributed by atoms with Crippen molar-refractivity contribution in [2.45, 2.75) is 46.8 Å². The van der Waals surface area contributed by atoms with Crippen molar-refractivity contribution >= 4 is 5.82 Å². The molecular weight excluding hydrogens is 316 g/mol. The van der Waals surface area contributed by atoms with Gasteiger partial charge in [-0.05, 0) is 18.8 Å². The van der Waals surface area contributed by atoms with Gasteiger partial charge in [-0.3, -0.25) is 4.68 Å². The summed E-state index contributed by atoms with van der Waals surface area (Å²) in [5.41, 5.74) is 2.63. The first-order chi connectivity index (χ1) is 11.9. The second-order valence-corrected chi connectivity index (χ2v) is 8.45. The molecule has 1 aromatic heterocycles. The van der Waals surface area contributed by atoms with Crippen molar-refractivity contribution in [3.05, 3.63) is 11.3 Å². The van der Waals surface area contributed by atoms with Crippen LogP contribution in [-0.4, -0.2) is 55.3 Å². The SMILES string of the molecule is Cc1nn(C)c(N2CCOCC2)c1CNC[C@H]1CCO[C@@H]1C(C)(C)C. The maximum Gasteiger partial charge on any atom is 0.131 e. The molecule has 0 aromatic carbocycles. The van der Waals surface area contributed by atoms with Crippen LogP contribution in [0.3, 0.4) is 0 Å². The molecule has 0 aliphatic carbocycles. The fourth-order valence-corrected chi connectivity index (χ4v) is 4.25. The predicted octanol–water partition coefficient (Wildman–Crippen LogP) is 2.11. The molecule has 0 saturated carbocycles. The van der Waals surface area contributed by atoms with Crippen LogP contribution < -0.4 is 10.2 Å². The first-order valence-electron chi connectivity index (χ1n) is 9.55. The third-order valence-corrected chi connectivity index (χ3v) is 5.40. The van der Waals surface area contributed by atoms with Crippen LogP contribution in [0.5, 0.6) is 0 Å². The van der Waals surface area contributed by atoms with Crippen LogP contribution in [0.1, 0.15) is 38.4 Å². The number of anilines is 1. The van der Waals surface area contributed by atoms with E-state index < -0.39 is 0 Å². The van der Waals surface area contributed by atoms with Crippen molar-refractivity contribution in [3.63, 3.8) is 0 Å². The van der Waals surface area contributed by atoms with Crippen molar-refractivity contribution < 1.29 is 9.47 Å². The normalized spacial score (nSPS) is 24.9. The minimum atomic E-state index is 0.200. The maximum atomic E-state index is 6.00. The fraction of sp³-hybridized carbons (Fsp3) is 0.842. The largest absolute Gasteiger partial charge is 0.378 e. The lowest BCUT2D eigenvalue weighted by Gasteiger charge is -2.31. The molecule has 1 N–H and O–H groups in total. The van der Waals surface area contributed by atoms with Gasteiger partial charge in [0.25, 0.3) is 0 Å². The number of hydrogen-bond acceptors (Lipinski definition) is 5. The van der Waals surface area contributed by atoms with E-state index in [0.717, 1.165) is 58.1 Å². The second-order valence-electron chi connectivity index (χ2n) is 8.45. The molecule has 2 fully saturated rings. The van der Waals surface area contributed by atoms with Gasteiger partial charge in [0.15, 0.2) is 0 Å². The minimum Gasteiger partial charge on any atom is -0.378 e. The molecule has 25 heavy (non-hydrogen) atoms. The van der Waals surface area contributed by atoms with E-state index in [1.165, 1.54) is 11.4 Å². The van der Waals surface area contributed by atoms with E-state index in [-0.39, 0.29) is 5.41 Å². The summed E-state index contributed by atoms with van der Waals surface area (Å²) >= 11 is 0. The number of nitrogens with one attached hydrogen (secondary N) is 1. The van der Waals surface area contributed by atoms with Crippen molar-refractivity contribution in [2.75, 3.05) is 44.4 Å². The molecule has 0 amide bonds. The third-order valence-electron chi connectivity index (χ3n) is 5.40. The smallest absolute Gasteiger partial charge is 0.131 e. The Labute approximate surface area is 151 Å². The molecule has 2 atom stereocenters. The summed E-state index contributed by atoms with van der Waals surface area (Å²) < 4.78 is 13.5. The summed E-state index contributed by atoms with van der Waals surface area (Å²) in [7, 11) is 2.04. The van der Waals surface area contributed by atoms with Gasteiger partial charge in [0.05, 0.1) is 25.0 Å². The monoisotopic (exact) mass is 350 g/mol. The van der Waals surface area contributed by atoms with Gasteiger partial charge >= 0.3 is 0 Å². The van der Waals surface area contributed by atoms with Crippen LogP contribution in [0.2, 0.25) is 0 Å². The zero-order valence-corrected chi connectivity index (χ0v) is 16.5. The Morgan fingerprint density at radius 2 is 1.92 bits per heavy atom. The Hall–Kier alpha value is -1.11. The van der Waals surface area contributed by atoms with Gasteiger partial charge in [-0.2, -0.15) is 5.10 Å². The number of morpholine rings is 1. The van der Waals surface area contributed by atoms with Gasteiger partial charge in [-0.1, -0.05) is 20.8 Å². The van der Waals surface area contributed by atoms with Gasteiger partial charge < -0.3 is 19.7 Å². The highest BCUT2D eigenvalue weighted by Crippen LogP contribution is 2.34. The van der Waals surface area contributed by atoms with Gasteiger partial charge in [0, 0.05) is 51.3 Å². The Morgan fingerprint density at radius 1 is 1.20 bits per heavy atom. The molecule has 0 spiro atoms. The molecule has 6 heteroatoms. The van der Waals surface area contributed by atoms with Crippen LogP contribution in [0.25, 0.3) is 0 Å². The molecule has 142 valence electrons.